The summed E-state index contributed by atoms with van der Waals surface area (Å²) in [5.74, 6) is -0.307. The fourth-order valence-corrected chi connectivity index (χ4v) is 1.85. The fourth-order valence-electron chi connectivity index (χ4n) is 1.85. The summed E-state index contributed by atoms with van der Waals surface area (Å²) in [4.78, 5) is 28.1. The lowest BCUT2D eigenvalue weighted by Gasteiger charge is -2.03. The molecule has 1 aromatic carbocycles. The Morgan fingerprint density at radius 2 is 1.96 bits per heavy atom. The molecule has 2 aromatic rings. The number of ether oxygens (including phenoxy) is 1. The largest absolute Gasteiger partial charge is 0.464 e. The summed E-state index contributed by atoms with van der Waals surface area (Å²) in [6, 6.07) is 8.77. The van der Waals surface area contributed by atoms with E-state index in [9.17, 15) is 9.59 Å². The Morgan fingerprint density at radius 1 is 1.26 bits per heavy atom. The van der Waals surface area contributed by atoms with Crippen molar-refractivity contribution < 1.29 is 23.7 Å². The van der Waals surface area contributed by atoms with Gasteiger partial charge in [0.2, 0.25) is 5.69 Å². The number of aromatic nitrogens is 1. The summed E-state index contributed by atoms with van der Waals surface area (Å²) in [6.45, 7) is 3.17. The van der Waals surface area contributed by atoms with Crippen molar-refractivity contribution in [1.29, 1.82) is 0 Å². The lowest BCUT2D eigenvalue weighted by molar-refractivity contribution is 0.0589. The van der Waals surface area contributed by atoms with Crippen LogP contribution in [0.15, 0.2) is 40.0 Å². The summed E-state index contributed by atoms with van der Waals surface area (Å²) in [6.07, 6.45) is -0.760. The van der Waals surface area contributed by atoms with Gasteiger partial charge in [0, 0.05) is 5.69 Å². The van der Waals surface area contributed by atoms with Crippen LogP contribution in [0.3, 0.4) is 0 Å². The first-order chi connectivity index (χ1) is 11.0. The zero-order chi connectivity index (χ0) is 16.8. The van der Waals surface area contributed by atoms with E-state index in [1.807, 2.05) is 6.07 Å². The molecule has 1 N–H and O–H groups in total. The zero-order valence-corrected chi connectivity index (χ0v) is 12.8. The van der Waals surface area contributed by atoms with Gasteiger partial charge in [0.25, 0.3) is 0 Å². The Balaban J connectivity index is 2.10. The molecule has 0 aliphatic heterocycles. The minimum Gasteiger partial charge on any atom is -0.464 e. The molecule has 0 unspecified atom stereocenters. The molecule has 1 amide bonds. The Kier molecular flexibility index (Phi) is 5.08. The molecule has 0 fully saturated rings. The molecular formula is C15H15N3O5. The summed E-state index contributed by atoms with van der Waals surface area (Å²) in [7, 11) is 1.23. The lowest BCUT2D eigenvalue weighted by atomic mass is 10.1. The van der Waals surface area contributed by atoms with Crippen LogP contribution >= 0.6 is 0 Å². The SMILES string of the molecule is COC(=O)c1noc(C)c1C(C)=NOC(=O)Nc1ccccc1. The predicted octanol–water partition coefficient (Wildman–Crippen LogP) is 2.74. The average molecular weight is 317 g/mol. The van der Waals surface area contributed by atoms with E-state index in [-0.39, 0.29) is 11.4 Å². The molecule has 120 valence electrons. The van der Waals surface area contributed by atoms with Crippen LogP contribution in [0.4, 0.5) is 10.5 Å². The van der Waals surface area contributed by atoms with E-state index in [4.69, 9.17) is 9.36 Å². The monoisotopic (exact) mass is 317 g/mol. The second-order valence-electron chi connectivity index (χ2n) is 4.50. The second-order valence-corrected chi connectivity index (χ2v) is 4.50. The van der Waals surface area contributed by atoms with Crippen molar-refractivity contribution in [2.75, 3.05) is 12.4 Å². The number of aryl methyl sites for hydroxylation is 1. The zero-order valence-electron chi connectivity index (χ0n) is 12.8. The van der Waals surface area contributed by atoms with Gasteiger partial charge in [-0.1, -0.05) is 28.5 Å². The van der Waals surface area contributed by atoms with Gasteiger partial charge in [-0.05, 0) is 26.0 Å². The van der Waals surface area contributed by atoms with Gasteiger partial charge in [0.05, 0.1) is 18.4 Å². The van der Waals surface area contributed by atoms with Crippen molar-refractivity contribution >= 4 is 23.5 Å². The average Bonchev–Trinajstić information content (AvgIpc) is 2.94. The molecule has 2 rings (SSSR count). The van der Waals surface area contributed by atoms with Crippen molar-refractivity contribution in [3.63, 3.8) is 0 Å². The van der Waals surface area contributed by atoms with E-state index >= 15 is 0 Å². The summed E-state index contributed by atoms with van der Waals surface area (Å²) >= 11 is 0. The highest BCUT2D eigenvalue weighted by Crippen LogP contribution is 2.16. The van der Waals surface area contributed by atoms with Crippen LogP contribution in [0, 0.1) is 6.92 Å². The number of rotatable bonds is 4. The van der Waals surface area contributed by atoms with E-state index < -0.39 is 12.1 Å². The summed E-state index contributed by atoms with van der Waals surface area (Å²) in [5, 5.41) is 9.82. The number of carbonyl (C=O) groups excluding carboxylic acids is 2. The minimum absolute atomic E-state index is 0.0293. The summed E-state index contributed by atoms with van der Waals surface area (Å²) in [5.41, 5.74) is 1.12. The molecule has 0 saturated heterocycles. The second kappa shape index (κ2) is 7.21. The minimum atomic E-state index is -0.760. The van der Waals surface area contributed by atoms with Crippen LogP contribution in [0.5, 0.6) is 0 Å². The Morgan fingerprint density at radius 3 is 2.61 bits per heavy atom. The smallest absolute Gasteiger partial charge is 0.437 e. The molecule has 0 spiro atoms. The van der Waals surface area contributed by atoms with Crippen molar-refractivity contribution in [1.82, 2.24) is 5.16 Å². The van der Waals surface area contributed by atoms with E-state index in [2.05, 4.69) is 20.4 Å². The number of methoxy groups -OCH3 is 1. The van der Waals surface area contributed by atoms with Crippen molar-refractivity contribution in [3.05, 3.63) is 47.3 Å². The van der Waals surface area contributed by atoms with Crippen LogP contribution < -0.4 is 5.32 Å². The van der Waals surface area contributed by atoms with Gasteiger partial charge < -0.3 is 9.26 Å². The van der Waals surface area contributed by atoms with Crippen LogP contribution in [-0.4, -0.2) is 30.0 Å². The number of nitrogens with one attached hydrogen (secondary N) is 1. The quantitative estimate of drug-likeness (QED) is 0.402. The maximum Gasteiger partial charge on any atom is 0.437 e. The molecule has 1 heterocycles. The highest BCUT2D eigenvalue weighted by Gasteiger charge is 2.23. The number of nitrogens with zero attached hydrogens (tertiary/aromatic N) is 2. The third-order valence-corrected chi connectivity index (χ3v) is 2.89. The van der Waals surface area contributed by atoms with E-state index in [1.54, 1.807) is 38.1 Å². The third kappa shape index (κ3) is 3.94. The predicted molar refractivity (Wildman–Crippen MR) is 81.3 cm³/mol. The number of hydrogen-bond donors (Lipinski definition) is 1. The number of anilines is 1. The molecule has 0 aliphatic rings. The van der Waals surface area contributed by atoms with E-state index in [0.29, 0.717) is 17.0 Å². The first-order valence-corrected chi connectivity index (χ1v) is 6.65. The standard InChI is InChI=1S/C15H15N3O5/c1-9(12-10(2)22-18-13(12)14(19)21-3)17-23-15(20)16-11-7-5-4-6-8-11/h4-8H,1-3H3,(H,16,20). The van der Waals surface area contributed by atoms with Gasteiger partial charge in [0.15, 0.2) is 0 Å². The number of esters is 1. The maximum atomic E-state index is 11.7. The number of amides is 1. The number of oxime groups is 1. The Hall–Kier alpha value is -3.16. The van der Waals surface area contributed by atoms with Gasteiger partial charge in [-0.25, -0.2) is 9.59 Å². The van der Waals surface area contributed by atoms with Gasteiger partial charge in [-0.2, -0.15) is 0 Å². The number of para-hydroxylation sites is 1. The van der Waals surface area contributed by atoms with Crippen LogP contribution in [0.25, 0.3) is 0 Å². The fraction of sp³-hybridized carbons (Fsp3) is 0.200. The molecule has 0 atom stereocenters. The lowest BCUT2D eigenvalue weighted by Crippen LogP contribution is -2.13. The molecule has 0 aliphatic carbocycles. The van der Waals surface area contributed by atoms with Gasteiger partial charge >= 0.3 is 12.1 Å². The van der Waals surface area contributed by atoms with Gasteiger partial charge in [-0.3, -0.25) is 10.2 Å². The number of benzene rings is 1. The van der Waals surface area contributed by atoms with Crippen LogP contribution in [0.2, 0.25) is 0 Å². The number of carbonyl (C=O) groups is 2. The molecule has 8 nitrogen and oxygen atoms in total. The van der Waals surface area contributed by atoms with Crippen molar-refractivity contribution in [2.45, 2.75) is 13.8 Å². The molecule has 0 saturated carbocycles. The Labute approximate surface area is 132 Å². The third-order valence-electron chi connectivity index (χ3n) is 2.89. The van der Waals surface area contributed by atoms with Crippen LogP contribution in [-0.2, 0) is 9.57 Å². The topological polar surface area (TPSA) is 103 Å². The molecule has 1 aromatic heterocycles. The molecule has 0 radical (unpaired) electrons. The molecule has 8 heteroatoms. The normalized spacial score (nSPS) is 11.0. The Bertz CT molecular complexity index is 737. The van der Waals surface area contributed by atoms with Crippen molar-refractivity contribution in [3.8, 4) is 0 Å². The number of hydrogen-bond acceptors (Lipinski definition) is 7. The van der Waals surface area contributed by atoms with Gasteiger partial charge in [0.1, 0.15) is 5.76 Å². The van der Waals surface area contributed by atoms with E-state index in [0.717, 1.165) is 0 Å². The van der Waals surface area contributed by atoms with Crippen LogP contribution in [0.1, 0.15) is 28.7 Å². The summed E-state index contributed by atoms with van der Waals surface area (Å²) < 4.78 is 9.56. The highest BCUT2D eigenvalue weighted by atomic mass is 16.7. The maximum absolute atomic E-state index is 11.7. The first-order valence-electron chi connectivity index (χ1n) is 6.65. The molecular weight excluding hydrogens is 302 g/mol. The van der Waals surface area contributed by atoms with Crippen molar-refractivity contribution in [2.24, 2.45) is 5.16 Å². The van der Waals surface area contributed by atoms with E-state index in [1.165, 1.54) is 7.11 Å². The van der Waals surface area contributed by atoms with Gasteiger partial charge in [-0.15, -0.1) is 0 Å². The highest BCUT2D eigenvalue weighted by molar-refractivity contribution is 6.07. The molecule has 0 bridgehead atoms. The first kappa shape index (κ1) is 16.2. The molecule has 23 heavy (non-hydrogen) atoms.